The van der Waals surface area contributed by atoms with Crippen molar-refractivity contribution in [1.82, 2.24) is 10.1 Å². The van der Waals surface area contributed by atoms with E-state index in [0.717, 1.165) is 24.4 Å². The maximum atomic E-state index is 5.82. The van der Waals surface area contributed by atoms with Crippen LogP contribution >= 0.6 is 0 Å². The molecule has 5 heteroatoms. The van der Waals surface area contributed by atoms with Crippen LogP contribution < -0.4 is 4.74 Å². The predicted octanol–water partition coefficient (Wildman–Crippen LogP) is 4.11. The minimum Gasteiger partial charge on any atom is -0.484 e. The standard InChI is InChI=1S/C19H26N2O3/c1-14-9-15(2)11-16(10-14)23-12-17-20-18(21-24-17)19(13-22-3)7-5-4-6-8-19/h9-11H,4-8,12-13H2,1-3H3. The lowest BCUT2D eigenvalue weighted by Gasteiger charge is -2.33. The van der Waals surface area contributed by atoms with Crippen molar-refractivity contribution in [1.29, 1.82) is 0 Å². The molecule has 1 saturated carbocycles. The number of hydrogen-bond donors (Lipinski definition) is 0. The van der Waals surface area contributed by atoms with Crippen LogP contribution in [0.15, 0.2) is 22.7 Å². The van der Waals surface area contributed by atoms with Gasteiger partial charge >= 0.3 is 0 Å². The molecule has 1 fully saturated rings. The van der Waals surface area contributed by atoms with Gasteiger partial charge in [0, 0.05) is 7.11 Å². The molecule has 0 amide bonds. The third-order valence-corrected chi connectivity index (χ3v) is 4.73. The zero-order valence-corrected chi connectivity index (χ0v) is 14.8. The van der Waals surface area contributed by atoms with Crippen molar-refractivity contribution >= 4 is 0 Å². The fraction of sp³-hybridized carbons (Fsp3) is 0.579. The van der Waals surface area contributed by atoms with Crippen molar-refractivity contribution < 1.29 is 14.0 Å². The zero-order valence-electron chi connectivity index (χ0n) is 14.8. The van der Waals surface area contributed by atoms with E-state index in [2.05, 4.69) is 30.1 Å². The summed E-state index contributed by atoms with van der Waals surface area (Å²) in [6.45, 7) is 5.05. The van der Waals surface area contributed by atoms with E-state index in [1.165, 1.54) is 30.4 Å². The Hall–Kier alpha value is -1.88. The van der Waals surface area contributed by atoms with Crippen LogP contribution in [0.4, 0.5) is 0 Å². The maximum absolute atomic E-state index is 5.82. The van der Waals surface area contributed by atoms with Crippen molar-refractivity contribution in [3.63, 3.8) is 0 Å². The Morgan fingerprint density at radius 3 is 2.46 bits per heavy atom. The second-order valence-electron chi connectivity index (χ2n) is 6.90. The van der Waals surface area contributed by atoms with Crippen molar-refractivity contribution in [3.8, 4) is 5.75 Å². The molecule has 5 nitrogen and oxygen atoms in total. The highest BCUT2D eigenvalue weighted by atomic mass is 16.5. The second-order valence-corrected chi connectivity index (χ2v) is 6.90. The minimum atomic E-state index is -0.103. The smallest absolute Gasteiger partial charge is 0.264 e. The Labute approximate surface area is 143 Å². The van der Waals surface area contributed by atoms with Gasteiger partial charge in [-0.05, 0) is 49.9 Å². The molecule has 0 saturated heterocycles. The van der Waals surface area contributed by atoms with E-state index in [1.807, 2.05) is 12.1 Å². The predicted molar refractivity (Wildman–Crippen MR) is 91.2 cm³/mol. The molecule has 1 aliphatic rings. The molecule has 0 atom stereocenters. The Kier molecular flexibility index (Phi) is 5.19. The van der Waals surface area contributed by atoms with E-state index in [1.54, 1.807) is 7.11 Å². The van der Waals surface area contributed by atoms with Crippen LogP contribution in [-0.2, 0) is 16.8 Å². The van der Waals surface area contributed by atoms with Crippen LogP contribution in [0.1, 0.15) is 54.9 Å². The molecule has 0 aliphatic heterocycles. The van der Waals surface area contributed by atoms with E-state index >= 15 is 0 Å². The van der Waals surface area contributed by atoms with Gasteiger partial charge in [-0.3, -0.25) is 0 Å². The molecule has 2 aromatic rings. The number of benzene rings is 1. The lowest BCUT2D eigenvalue weighted by Crippen LogP contribution is -2.35. The average Bonchev–Trinajstić information content (AvgIpc) is 3.03. The molecule has 0 N–H and O–H groups in total. The number of rotatable bonds is 6. The molecule has 0 bridgehead atoms. The van der Waals surface area contributed by atoms with Crippen molar-refractivity contribution in [2.45, 2.75) is 58.0 Å². The fourth-order valence-corrected chi connectivity index (χ4v) is 3.63. The fourth-order valence-electron chi connectivity index (χ4n) is 3.63. The number of hydrogen-bond acceptors (Lipinski definition) is 5. The van der Waals surface area contributed by atoms with Crippen molar-refractivity contribution in [3.05, 3.63) is 41.0 Å². The topological polar surface area (TPSA) is 57.4 Å². The first kappa shape index (κ1) is 17.0. The van der Waals surface area contributed by atoms with Crippen LogP contribution in [0.5, 0.6) is 5.75 Å². The van der Waals surface area contributed by atoms with Gasteiger partial charge in [-0.1, -0.05) is 30.5 Å². The molecule has 0 unspecified atom stereocenters. The summed E-state index contributed by atoms with van der Waals surface area (Å²) in [4.78, 5) is 4.60. The summed E-state index contributed by atoms with van der Waals surface area (Å²) in [5.41, 5.74) is 2.25. The number of aryl methyl sites for hydroxylation is 2. The highest BCUT2D eigenvalue weighted by Crippen LogP contribution is 2.38. The number of aromatic nitrogens is 2. The molecule has 1 aliphatic carbocycles. The minimum absolute atomic E-state index is 0.103. The van der Waals surface area contributed by atoms with E-state index in [-0.39, 0.29) is 5.41 Å². The highest BCUT2D eigenvalue weighted by molar-refractivity contribution is 5.33. The average molecular weight is 330 g/mol. The summed E-state index contributed by atoms with van der Waals surface area (Å²) >= 11 is 0. The molecule has 1 aromatic carbocycles. The van der Waals surface area contributed by atoms with Crippen LogP contribution in [0.25, 0.3) is 0 Å². The van der Waals surface area contributed by atoms with Crippen LogP contribution in [-0.4, -0.2) is 23.9 Å². The lowest BCUT2D eigenvalue weighted by molar-refractivity contribution is 0.0961. The summed E-state index contributed by atoms with van der Waals surface area (Å²) in [6, 6.07) is 6.14. The molecule has 3 rings (SSSR count). The van der Waals surface area contributed by atoms with Crippen LogP contribution in [0.3, 0.4) is 0 Å². The van der Waals surface area contributed by atoms with E-state index < -0.39 is 0 Å². The normalized spacial score (nSPS) is 17.0. The number of nitrogens with zero attached hydrogens (tertiary/aromatic N) is 2. The van der Waals surface area contributed by atoms with Gasteiger partial charge in [0.15, 0.2) is 12.4 Å². The van der Waals surface area contributed by atoms with E-state index in [4.69, 9.17) is 14.0 Å². The first-order valence-corrected chi connectivity index (χ1v) is 8.64. The third-order valence-electron chi connectivity index (χ3n) is 4.73. The van der Waals surface area contributed by atoms with Crippen molar-refractivity contribution in [2.75, 3.05) is 13.7 Å². The number of ether oxygens (including phenoxy) is 2. The Morgan fingerprint density at radius 1 is 1.08 bits per heavy atom. The quantitative estimate of drug-likeness (QED) is 0.797. The molecular formula is C19H26N2O3. The van der Waals surface area contributed by atoms with Gasteiger partial charge in [0.2, 0.25) is 0 Å². The summed E-state index contributed by atoms with van der Waals surface area (Å²) in [6.07, 6.45) is 5.75. The number of methoxy groups -OCH3 is 1. The van der Waals surface area contributed by atoms with E-state index in [0.29, 0.717) is 19.1 Å². The molecule has 130 valence electrons. The molecule has 0 spiro atoms. The molecule has 0 radical (unpaired) electrons. The van der Waals surface area contributed by atoms with Gasteiger partial charge in [0.05, 0.1) is 12.0 Å². The summed E-state index contributed by atoms with van der Waals surface area (Å²) in [5.74, 6) is 2.12. The lowest BCUT2D eigenvalue weighted by atomic mass is 9.74. The molecule has 1 aromatic heterocycles. The van der Waals surface area contributed by atoms with E-state index in [9.17, 15) is 0 Å². The third kappa shape index (κ3) is 3.78. The van der Waals surface area contributed by atoms with Crippen LogP contribution in [0.2, 0.25) is 0 Å². The summed E-state index contributed by atoms with van der Waals surface area (Å²) in [7, 11) is 1.74. The van der Waals surface area contributed by atoms with Gasteiger partial charge in [-0.25, -0.2) is 0 Å². The summed E-state index contributed by atoms with van der Waals surface area (Å²) < 4.78 is 16.7. The van der Waals surface area contributed by atoms with Crippen LogP contribution in [0, 0.1) is 13.8 Å². The SMILES string of the molecule is COCC1(c2noc(COc3cc(C)cc(C)c3)n2)CCCCC1. The van der Waals surface area contributed by atoms with Gasteiger partial charge in [0.25, 0.3) is 5.89 Å². The summed E-state index contributed by atoms with van der Waals surface area (Å²) in [5, 5.41) is 4.23. The van der Waals surface area contributed by atoms with Gasteiger partial charge < -0.3 is 14.0 Å². The molecular weight excluding hydrogens is 304 g/mol. The Balaban J connectivity index is 1.70. The first-order valence-electron chi connectivity index (χ1n) is 8.64. The largest absolute Gasteiger partial charge is 0.484 e. The Morgan fingerprint density at radius 2 is 1.79 bits per heavy atom. The van der Waals surface area contributed by atoms with Gasteiger partial charge in [-0.15, -0.1) is 0 Å². The highest BCUT2D eigenvalue weighted by Gasteiger charge is 2.38. The Bertz CT molecular complexity index is 649. The molecule has 1 heterocycles. The van der Waals surface area contributed by atoms with Gasteiger partial charge in [-0.2, -0.15) is 4.98 Å². The molecule has 24 heavy (non-hydrogen) atoms. The maximum Gasteiger partial charge on any atom is 0.264 e. The monoisotopic (exact) mass is 330 g/mol. The van der Waals surface area contributed by atoms with Gasteiger partial charge in [0.1, 0.15) is 5.75 Å². The first-order chi connectivity index (χ1) is 11.6. The second kappa shape index (κ2) is 7.34. The zero-order chi connectivity index (χ0) is 17.0. The van der Waals surface area contributed by atoms with Crippen molar-refractivity contribution in [2.24, 2.45) is 0 Å².